The van der Waals surface area contributed by atoms with Gasteiger partial charge in [-0.2, -0.15) is 0 Å². The summed E-state index contributed by atoms with van der Waals surface area (Å²) in [6.45, 7) is 1.62. The number of rotatable bonds is 9. The first kappa shape index (κ1) is 24.1. The van der Waals surface area contributed by atoms with Crippen molar-refractivity contribution in [1.29, 1.82) is 0 Å². The highest BCUT2D eigenvalue weighted by molar-refractivity contribution is 5.96. The van der Waals surface area contributed by atoms with Gasteiger partial charge in [-0.15, -0.1) is 0 Å². The van der Waals surface area contributed by atoms with Gasteiger partial charge in [-0.05, 0) is 73.2 Å². The third-order valence-corrected chi connectivity index (χ3v) is 6.96. The molecule has 0 atom stereocenters. The smallest absolute Gasteiger partial charge is 0.304 e. The summed E-state index contributed by atoms with van der Waals surface area (Å²) in [4.78, 5) is 27.0. The molecule has 0 spiro atoms. The van der Waals surface area contributed by atoms with E-state index in [1.807, 2.05) is 24.3 Å². The van der Waals surface area contributed by atoms with E-state index in [0.29, 0.717) is 25.6 Å². The van der Waals surface area contributed by atoms with E-state index in [1.54, 1.807) is 16.8 Å². The number of carbonyl (C=O) groups is 2. The lowest BCUT2D eigenvalue weighted by molar-refractivity contribution is -0.137. The molecular formula is C27H35N3O4. The number of carbonyl (C=O) groups excluding carboxylic acids is 1. The number of nitrogens with zero attached hydrogens (tertiary/aromatic N) is 2. The van der Waals surface area contributed by atoms with Gasteiger partial charge in [0.25, 0.3) is 0 Å². The fraction of sp³-hybridized carbons (Fsp3) is 0.481. The zero-order valence-electron chi connectivity index (χ0n) is 20.0. The predicted molar refractivity (Wildman–Crippen MR) is 133 cm³/mol. The Kier molecular flexibility index (Phi) is 7.73. The van der Waals surface area contributed by atoms with Gasteiger partial charge in [-0.1, -0.05) is 31.4 Å². The molecule has 0 saturated heterocycles. The average molecular weight is 466 g/mol. The Hall–Kier alpha value is -3.06. The number of aliphatic carboxylic acids is 1. The molecule has 0 bridgehead atoms. The minimum Gasteiger partial charge on any atom is -0.489 e. The maximum Gasteiger partial charge on any atom is 0.304 e. The molecule has 182 valence electrons. The number of likely N-dealkylation sites (N-methyl/N-ethyl adjacent to an activating group) is 1. The lowest BCUT2D eigenvalue weighted by Gasteiger charge is -2.23. The van der Waals surface area contributed by atoms with Crippen molar-refractivity contribution in [1.82, 2.24) is 4.90 Å². The molecule has 34 heavy (non-hydrogen) atoms. The second kappa shape index (κ2) is 10.9. The van der Waals surface area contributed by atoms with Gasteiger partial charge < -0.3 is 20.5 Å². The first-order valence-corrected chi connectivity index (χ1v) is 12.3. The van der Waals surface area contributed by atoms with Gasteiger partial charge >= 0.3 is 5.97 Å². The number of hydrogen-bond acceptors (Lipinski definition) is 5. The summed E-state index contributed by atoms with van der Waals surface area (Å²) in [5, 5.41) is 8.82. The van der Waals surface area contributed by atoms with Crippen LogP contribution in [0.5, 0.6) is 5.75 Å². The Morgan fingerprint density at radius 3 is 2.68 bits per heavy atom. The van der Waals surface area contributed by atoms with Crippen molar-refractivity contribution in [3.05, 3.63) is 53.1 Å². The van der Waals surface area contributed by atoms with Gasteiger partial charge in [0.1, 0.15) is 12.4 Å². The van der Waals surface area contributed by atoms with Crippen molar-refractivity contribution < 1.29 is 19.4 Å². The van der Waals surface area contributed by atoms with Crippen LogP contribution in [0, 0.1) is 0 Å². The lowest BCUT2D eigenvalue weighted by atomic mass is 9.83. The van der Waals surface area contributed by atoms with Gasteiger partial charge in [0.15, 0.2) is 0 Å². The predicted octanol–water partition coefficient (Wildman–Crippen LogP) is 4.19. The highest BCUT2D eigenvalue weighted by Gasteiger charge is 2.26. The van der Waals surface area contributed by atoms with Crippen molar-refractivity contribution in [3.8, 4) is 5.75 Å². The number of carboxylic acid groups (broad SMARTS) is 1. The Morgan fingerprint density at radius 1 is 1.15 bits per heavy atom. The Labute approximate surface area is 201 Å². The molecule has 0 radical (unpaired) electrons. The quantitative estimate of drug-likeness (QED) is 0.539. The van der Waals surface area contributed by atoms with Gasteiger partial charge in [0, 0.05) is 24.5 Å². The maximum atomic E-state index is 12.7. The number of hydrogen-bond donors (Lipinski definition) is 2. The molecule has 1 aliphatic carbocycles. The van der Waals surface area contributed by atoms with E-state index < -0.39 is 5.97 Å². The molecule has 0 aromatic heterocycles. The summed E-state index contributed by atoms with van der Waals surface area (Å²) in [6, 6.07) is 12.2. The van der Waals surface area contributed by atoms with Crippen molar-refractivity contribution in [3.63, 3.8) is 0 Å². The van der Waals surface area contributed by atoms with E-state index in [2.05, 4.69) is 12.1 Å². The van der Waals surface area contributed by atoms with Crippen LogP contribution in [0.4, 0.5) is 11.4 Å². The molecule has 0 unspecified atom stereocenters. The Morgan fingerprint density at radius 2 is 1.94 bits per heavy atom. The van der Waals surface area contributed by atoms with E-state index in [4.69, 9.17) is 15.6 Å². The van der Waals surface area contributed by atoms with Crippen LogP contribution in [0.3, 0.4) is 0 Å². The highest BCUT2D eigenvalue weighted by Crippen LogP contribution is 2.36. The number of benzene rings is 2. The highest BCUT2D eigenvalue weighted by atomic mass is 16.5. The molecule has 7 heteroatoms. The second-order valence-electron chi connectivity index (χ2n) is 9.55. The molecule has 1 heterocycles. The molecule has 1 amide bonds. The SMILES string of the molecule is CN(CCC(=O)O)CC(=O)N1CCc2cc(OCc3ccc(C4CCCCC4)c(N)c3)ccc21. The summed E-state index contributed by atoms with van der Waals surface area (Å²) in [5.74, 6) is 0.486. The second-order valence-corrected chi connectivity index (χ2v) is 9.55. The van der Waals surface area contributed by atoms with E-state index in [9.17, 15) is 9.59 Å². The zero-order chi connectivity index (χ0) is 24.1. The molecule has 4 rings (SSSR count). The van der Waals surface area contributed by atoms with Crippen LogP contribution in [0.15, 0.2) is 36.4 Å². The Bertz CT molecular complexity index is 1030. The number of carboxylic acids is 1. The molecule has 1 saturated carbocycles. The molecule has 1 fully saturated rings. The topological polar surface area (TPSA) is 96.1 Å². The number of nitrogen functional groups attached to an aromatic ring is 1. The van der Waals surface area contributed by atoms with Crippen LogP contribution in [0.1, 0.15) is 61.1 Å². The molecule has 3 N–H and O–H groups in total. The summed E-state index contributed by atoms with van der Waals surface area (Å²) < 4.78 is 6.05. The van der Waals surface area contributed by atoms with Gasteiger partial charge in [-0.25, -0.2) is 0 Å². The summed E-state index contributed by atoms with van der Waals surface area (Å²) in [5.41, 5.74) is 11.6. The summed E-state index contributed by atoms with van der Waals surface area (Å²) in [6.07, 6.45) is 7.17. The summed E-state index contributed by atoms with van der Waals surface area (Å²) in [7, 11) is 1.77. The number of nitrogens with two attached hydrogens (primary N) is 1. The van der Waals surface area contributed by atoms with E-state index >= 15 is 0 Å². The van der Waals surface area contributed by atoms with Crippen LogP contribution >= 0.6 is 0 Å². The molecular weight excluding hydrogens is 430 g/mol. The third kappa shape index (κ3) is 5.89. The maximum absolute atomic E-state index is 12.7. The van der Waals surface area contributed by atoms with E-state index in [0.717, 1.165) is 34.7 Å². The third-order valence-electron chi connectivity index (χ3n) is 6.96. The van der Waals surface area contributed by atoms with Crippen molar-refractivity contribution in [2.24, 2.45) is 0 Å². The minimum absolute atomic E-state index is 0.0196. The molecule has 1 aliphatic heterocycles. The number of anilines is 2. The first-order chi connectivity index (χ1) is 16.4. The number of ether oxygens (including phenoxy) is 1. The van der Waals surface area contributed by atoms with Crippen molar-refractivity contribution in [2.75, 3.05) is 37.3 Å². The van der Waals surface area contributed by atoms with Crippen molar-refractivity contribution >= 4 is 23.3 Å². The summed E-state index contributed by atoms with van der Waals surface area (Å²) >= 11 is 0. The van der Waals surface area contributed by atoms with Gasteiger partial charge in [0.2, 0.25) is 5.91 Å². The number of fused-ring (bicyclic) bond motifs is 1. The minimum atomic E-state index is -0.860. The first-order valence-electron chi connectivity index (χ1n) is 12.3. The fourth-order valence-corrected chi connectivity index (χ4v) is 5.07. The van der Waals surface area contributed by atoms with Crippen LogP contribution in [0.25, 0.3) is 0 Å². The standard InChI is InChI=1S/C27H35N3O4/c1-29(13-12-27(32)33)17-26(31)30-14-11-21-16-22(8-10-25(21)30)34-18-19-7-9-23(24(28)15-19)20-5-3-2-4-6-20/h7-10,15-16,20H,2-6,11-14,17-18,28H2,1H3,(H,32,33). The average Bonchev–Trinajstić information content (AvgIpc) is 3.25. The van der Waals surface area contributed by atoms with Gasteiger partial charge in [0.05, 0.1) is 13.0 Å². The largest absolute Gasteiger partial charge is 0.489 e. The van der Waals surface area contributed by atoms with Crippen LogP contribution in [-0.4, -0.2) is 48.6 Å². The monoisotopic (exact) mass is 465 g/mol. The van der Waals surface area contributed by atoms with Gasteiger partial charge in [-0.3, -0.25) is 14.5 Å². The van der Waals surface area contributed by atoms with Crippen molar-refractivity contribution in [2.45, 2.75) is 57.5 Å². The number of amides is 1. The molecule has 2 aromatic carbocycles. The zero-order valence-corrected chi connectivity index (χ0v) is 20.0. The molecule has 7 nitrogen and oxygen atoms in total. The van der Waals surface area contributed by atoms with E-state index in [-0.39, 0.29) is 18.9 Å². The Balaban J connectivity index is 1.33. The molecule has 2 aromatic rings. The van der Waals surface area contributed by atoms with Crippen LogP contribution in [0.2, 0.25) is 0 Å². The fourth-order valence-electron chi connectivity index (χ4n) is 5.07. The lowest BCUT2D eigenvalue weighted by Crippen LogP contribution is -2.38. The van der Waals surface area contributed by atoms with Crippen LogP contribution < -0.4 is 15.4 Å². The van der Waals surface area contributed by atoms with E-state index in [1.165, 1.54) is 37.7 Å². The van der Waals surface area contributed by atoms with Crippen LogP contribution in [-0.2, 0) is 22.6 Å². The molecule has 2 aliphatic rings. The normalized spacial score (nSPS) is 16.0.